The van der Waals surface area contributed by atoms with Crippen LogP contribution in [0.4, 0.5) is 4.39 Å². The van der Waals surface area contributed by atoms with Crippen LogP contribution in [-0.2, 0) is 9.59 Å². The third-order valence-electron chi connectivity index (χ3n) is 5.76. The Kier molecular flexibility index (Phi) is 3.93. The number of hydrogen-bond acceptors (Lipinski definition) is 2. The summed E-state index contributed by atoms with van der Waals surface area (Å²) in [5.41, 5.74) is -1.71. The van der Waals surface area contributed by atoms with Gasteiger partial charge in [0.1, 0.15) is 0 Å². The molecule has 0 radical (unpaired) electrons. The second-order valence-corrected chi connectivity index (χ2v) is 7.13. The minimum absolute atomic E-state index is 0.0572. The summed E-state index contributed by atoms with van der Waals surface area (Å²) in [6.07, 6.45) is 5.05. The summed E-state index contributed by atoms with van der Waals surface area (Å²) >= 11 is 0. The quantitative estimate of drug-likeness (QED) is 0.864. The lowest BCUT2D eigenvalue weighted by Crippen LogP contribution is -2.50. The fraction of sp³-hybridized carbons (Fsp3) is 0.875. The van der Waals surface area contributed by atoms with Crippen LogP contribution in [-0.4, -0.2) is 42.0 Å². The van der Waals surface area contributed by atoms with E-state index in [1.807, 2.05) is 4.90 Å². The summed E-state index contributed by atoms with van der Waals surface area (Å²) in [6, 6.07) is 0. The lowest BCUT2D eigenvalue weighted by molar-refractivity contribution is -0.141. The molecule has 2 unspecified atom stereocenters. The molecule has 2 aliphatic carbocycles. The Labute approximate surface area is 125 Å². The largest absolute Gasteiger partial charge is 0.344 e. The first-order valence-corrected chi connectivity index (χ1v) is 8.24. The number of hydrogen-bond donors (Lipinski definition) is 1. The molecule has 1 N–H and O–H groups in total. The lowest BCUT2D eigenvalue weighted by atomic mass is 9.75. The Balaban J connectivity index is 1.49. The fourth-order valence-corrected chi connectivity index (χ4v) is 4.11. The van der Waals surface area contributed by atoms with E-state index in [-0.39, 0.29) is 12.5 Å². The van der Waals surface area contributed by atoms with Crippen LogP contribution >= 0.6 is 0 Å². The van der Waals surface area contributed by atoms with Crippen molar-refractivity contribution < 1.29 is 14.0 Å². The Hall–Kier alpha value is -1.13. The maximum absolute atomic E-state index is 13.9. The molecular formula is C16H25FN2O2. The van der Waals surface area contributed by atoms with Gasteiger partial charge in [0.15, 0.2) is 5.67 Å². The van der Waals surface area contributed by atoms with E-state index in [0.29, 0.717) is 30.6 Å². The van der Waals surface area contributed by atoms with Crippen LogP contribution < -0.4 is 5.32 Å². The molecule has 21 heavy (non-hydrogen) atoms. The van der Waals surface area contributed by atoms with E-state index in [9.17, 15) is 14.0 Å². The molecule has 2 amide bonds. The highest BCUT2D eigenvalue weighted by Crippen LogP contribution is 2.40. The van der Waals surface area contributed by atoms with Crippen molar-refractivity contribution in [3.8, 4) is 0 Å². The van der Waals surface area contributed by atoms with E-state index < -0.39 is 11.6 Å². The van der Waals surface area contributed by atoms with Gasteiger partial charge in [0.2, 0.25) is 5.91 Å². The molecule has 3 rings (SSSR count). The average molecular weight is 296 g/mol. The zero-order valence-electron chi connectivity index (χ0n) is 12.7. The van der Waals surface area contributed by atoms with E-state index in [2.05, 4.69) is 12.2 Å². The van der Waals surface area contributed by atoms with Crippen molar-refractivity contribution >= 4 is 11.8 Å². The van der Waals surface area contributed by atoms with Gasteiger partial charge in [-0.2, -0.15) is 0 Å². The van der Waals surface area contributed by atoms with Gasteiger partial charge in [-0.15, -0.1) is 0 Å². The number of carbonyl (C=O) groups is 2. The molecule has 1 aliphatic heterocycles. The predicted octanol–water partition coefficient (Wildman–Crippen LogP) is 1.89. The molecule has 5 heteroatoms. The average Bonchev–Trinajstić information content (AvgIpc) is 2.87. The van der Waals surface area contributed by atoms with E-state index in [0.717, 1.165) is 19.5 Å². The number of halogens is 1. The Morgan fingerprint density at radius 2 is 2.00 bits per heavy atom. The summed E-state index contributed by atoms with van der Waals surface area (Å²) in [6.45, 7) is 3.83. The lowest BCUT2D eigenvalue weighted by Gasteiger charge is -2.32. The highest BCUT2D eigenvalue weighted by Gasteiger charge is 2.45. The van der Waals surface area contributed by atoms with Crippen molar-refractivity contribution in [3.63, 3.8) is 0 Å². The van der Waals surface area contributed by atoms with Gasteiger partial charge < -0.3 is 10.2 Å². The molecule has 118 valence electrons. The third kappa shape index (κ3) is 2.79. The third-order valence-corrected chi connectivity index (χ3v) is 5.76. The first kappa shape index (κ1) is 14.8. The molecule has 3 aliphatic rings. The zero-order valence-corrected chi connectivity index (χ0v) is 12.7. The van der Waals surface area contributed by atoms with Crippen molar-refractivity contribution in [1.29, 1.82) is 0 Å². The van der Waals surface area contributed by atoms with E-state index in [4.69, 9.17) is 0 Å². The standard InChI is InChI=1S/C16H25FN2O2/c1-11-4-2-5-12-9-19(10-13(11)12)14(20)8-18-15(21)16(17)6-3-7-16/h11-13H,2-10H2,1H3,(H,18,21)/t11-,12?,13?/m1/s1. The number of amides is 2. The van der Waals surface area contributed by atoms with E-state index in [1.165, 1.54) is 19.3 Å². The van der Waals surface area contributed by atoms with Crippen LogP contribution in [0.5, 0.6) is 0 Å². The van der Waals surface area contributed by atoms with Crippen molar-refractivity contribution in [2.75, 3.05) is 19.6 Å². The molecule has 1 heterocycles. The highest BCUT2D eigenvalue weighted by atomic mass is 19.1. The van der Waals surface area contributed by atoms with Gasteiger partial charge in [-0.05, 0) is 43.4 Å². The first-order chi connectivity index (χ1) is 9.99. The second kappa shape index (κ2) is 5.58. The summed E-state index contributed by atoms with van der Waals surface area (Å²) in [4.78, 5) is 25.8. The molecule has 0 spiro atoms. The van der Waals surface area contributed by atoms with Gasteiger partial charge >= 0.3 is 0 Å². The number of carbonyl (C=O) groups excluding carboxylic acids is 2. The number of rotatable bonds is 3. The summed E-state index contributed by atoms with van der Waals surface area (Å²) in [5.74, 6) is 1.24. The van der Waals surface area contributed by atoms with Crippen molar-refractivity contribution in [2.24, 2.45) is 17.8 Å². The smallest absolute Gasteiger partial charge is 0.258 e. The number of alkyl halides is 1. The summed E-state index contributed by atoms with van der Waals surface area (Å²) in [5, 5.41) is 2.49. The molecule has 0 aromatic rings. The van der Waals surface area contributed by atoms with Gasteiger partial charge in [-0.1, -0.05) is 19.8 Å². The fourth-order valence-electron chi connectivity index (χ4n) is 4.11. The van der Waals surface area contributed by atoms with Crippen LogP contribution in [0.25, 0.3) is 0 Å². The molecule has 0 aromatic heterocycles. The highest BCUT2D eigenvalue weighted by molar-refractivity contribution is 5.90. The van der Waals surface area contributed by atoms with Gasteiger partial charge in [-0.3, -0.25) is 9.59 Å². The maximum Gasteiger partial charge on any atom is 0.258 e. The maximum atomic E-state index is 13.9. The zero-order chi connectivity index (χ0) is 15.0. The first-order valence-electron chi connectivity index (χ1n) is 8.24. The van der Waals surface area contributed by atoms with Crippen LogP contribution in [0, 0.1) is 17.8 Å². The topological polar surface area (TPSA) is 49.4 Å². The second-order valence-electron chi connectivity index (χ2n) is 7.13. The molecule has 3 fully saturated rings. The van der Waals surface area contributed by atoms with Crippen LogP contribution in [0.2, 0.25) is 0 Å². The van der Waals surface area contributed by atoms with Crippen molar-refractivity contribution in [1.82, 2.24) is 10.2 Å². The molecule has 2 saturated carbocycles. The summed E-state index contributed by atoms with van der Waals surface area (Å²) in [7, 11) is 0. The normalized spacial score (nSPS) is 34.0. The molecule has 0 aromatic carbocycles. The Bertz CT molecular complexity index is 436. The van der Waals surface area contributed by atoms with Gasteiger partial charge in [0.25, 0.3) is 5.91 Å². The van der Waals surface area contributed by atoms with Crippen molar-refractivity contribution in [3.05, 3.63) is 0 Å². The predicted molar refractivity (Wildman–Crippen MR) is 77.3 cm³/mol. The molecule has 0 bridgehead atoms. The van der Waals surface area contributed by atoms with Gasteiger partial charge in [0.05, 0.1) is 6.54 Å². The number of nitrogens with one attached hydrogen (secondary N) is 1. The Morgan fingerprint density at radius 1 is 1.24 bits per heavy atom. The minimum atomic E-state index is -1.71. The van der Waals surface area contributed by atoms with Crippen molar-refractivity contribution in [2.45, 2.75) is 51.1 Å². The number of likely N-dealkylation sites (tertiary alicyclic amines) is 1. The van der Waals surface area contributed by atoms with E-state index in [1.54, 1.807) is 0 Å². The molecule has 3 atom stereocenters. The van der Waals surface area contributed by atoms with Crippen LogP contribution in [0.3, 0.4) is 0 Å². The molecular weight excluding hydrogens is 271 g/mol. The number of nitrogens with zero attached hydrogens (tertiary/aromatic N) is 1. The van der Waals surface area contributed by atoms with E-state index >= 15 is 0 Å². The van der Waals surface area contributed by atoms with Gasteiger partial charge in [-0.25, -0.2) is 4.39 Å². The Morgan fingerprint density at radius 3 is 2.62 bits per heavy atom. The SMILES string of the molecule is C[C@@H]1CCCC2CN(C(=O)CNC(=O)C3(F)CCC3)CC21. The summed E-state index contributed by atoms with van der Waals surface area (Å²) < 4.78 is 13.9. The minimum Gasteiger partial charge on any atom is -0.344 e. The van der Waals surface area contributed by atoms with Crippen LogP contribution in [0.15, 0.2) is 0 Å². The van der Waals surface area contributed by atoms with Crippen LogP contribution in [0.1, 0.15) is 45.4 Å². The monoisotopic (exact) mass is 296 g/mol. The molecule has 4 nitrogen and oxygen atoms in total. The molecule has 1 saturated heterocycles. The van der Waals surface area contributed by atoms with Gasteiger partial charge in [0, 0.05) is 13.1 Å². The number of fused-ring (bicyclic) bond motifs is 1.